The largest absolute Gasteiger partial charge is 0.396 e. The van der Waals surface area contributed by atoms with Gasteiger partial charge < -0.3 is 10.1 Å². The van der Waals surface area contributed by atoms with Gasteiger partial charge in [-0.1, -0.05) is 17.7 Å². The lowest BCUT2D eigenvalue weighted by Crippen LogP contribution is -2.19. The van der Waals surface area contributed by atoms with Crippen molar-refractivity contribution in [1.82, 2.24) is 9.97 Å². The summed E-state index contributed by atoms with van der Waals surface area (Å²) in [6, 6.07) is 7.54. The molecule has 0 amide bonds. The van der Waals surface area contributed by atoms with E-state index in [1.807, 2.05) is 24.3 Å². The Balaban J connectivity index is 2.13. The van der Waals surface area contributed by atoms with Crippen LogP contribution in [-0.4, -0.2) is 21.7 Å². The number of nitrogens with zero attached hydrogens (tertiary/aromatic N) is 1. The summed E-state index contributed by atoms with van der Waals surface area (Å²) in [4.78, 5) is 20.0. The average molecular weight is 311 g/mol. The molecule has 20 heavy (non-hydrogen) atoms. The van der Waals surface area contributed by atoms with Crippen molar-refractivity contribution in [2.75, 3.05) is 6.61 Å². The number of aromatic amines is 1. The summed E-state index contributed by atoms with van der Waals surface area (Å²) < 4.78 is 0. The van der Waals surface area contributed by atoms with Gasteiger partial charge in [-0.15, -0.1) is 11.8 Å². The van der Waals surface area contributed by atoms with Crippen LogP contribution in [0.1, 0.15) is 17.1 Å². The highest BCUT2D eigenvalue weighted by molar-refractivity contribution is 7.98. The van der Waals surface area contributed by atoms with Crippen LogP contribution in [0.2, 0.25) is 5.02 Å². The molecule has 0 spiro atoms. The molecule has 1 aromatic heterocycles. The molecule has 0 saturated heterocycles. The molecule has 1 aromatic carbocycles. The van der Waals surface area contributed by atoms with Gasteiger partial charge in [-0.3, -0.25) is 4.79 Å². The molecule has 0 aliphatic carbocycles. The molecule has 106 valence electrons. The quantitative estimate of drug-likeness (QED) is 0.833. The van der Waals surface area contributed by atoms with Crippen molar-refractivity contribution in [3.8, 4) is 0 Å². The molecule has 0 atom stereocenters. The Morgan fingerprint density at radius 1 is 1.45 bits per heavy atom. The Kier molecular flexibility index (Phi) is 5.23. The van der Waals surface area contributed by atoms with E-state index in [0.29, 0.717) is 34.3 Å². The van der Waals surface area contributed by atoms with Gasteiger partial charge in [-0.25, -0.2) is 4.98 Å². The van der Waals surface area contributed by atoms with Crippen molar-refractivity contribution in [3.05, 3.63) is 56.7 Å². The Morgan fingerprint density at radius 3 is 2.90 bits per heavy atom. The average Bonchev–Trinajstić information content (AvgIpc) is 2.41. The molecule has 1 heterocycles. The Labute approximate surface area is 126 Å². The monoisotopic (exact) mass is 310 g/mol. The molecule has 2 rings (SSSR count). The summed E-state index contributed by atoms with van der Waals surface area (Å²) in [6.45, 7) is 1.73. The zero-order chi connectivity index (χ0) is 14.5. The minimum atomic E-state index is -0.173. The van der Waals surface area contributed by atoms with E-state index in [1.54, 1.807) is 18.7 Å². The first-order valence-electron chi connectivity index (χ1n) is 6.18. The highest BCUT2D eigenvalue weighted by Gasteiger charge is 2.08. The van der Waals surface area contributed by atoms with Crippen LogP contribution in [0.15, 0.2) is 34.0 Å². The van der Waals surface area contributed by atoms with Gasteiger partial charge in [0, 0.05) is 34.2 Å². The lowest BCUT2D eigenvalue weighted by atomic mass is 10.2. The van der Waals surface area contributed by atoms with Gasteiger partial charge in [0.25, 0.3) is 5.56 Å². The van der Waals surface area contributed by atoms with E-state index >= 15 is 0 Å². The Morgan fingerprint density at radius 2 is 2.25 bits per heavy atom. The molecule has 0 aliphatic heterocycles. The number of benzene rings is 1. The van der Waals surface area contributed by atoms with E-state index < -0.39 is 0 Å². The standard InChI is InChI=1S/C14H15ClN2O2S/c1-9-12(5-6-18)14(19)17-13(16-9)8-20-11-4-2-3-10(15)7-11/h2-4,7,18H,5-6,8H2,1H3,(H,16,17,19). The molecule has 2 aromatic rings. The van der Waals surface area contributed by atoms with Crippen LogP contribution in [-0.2, 0) is 12.2 Å². The van der Waals surface area contributed by atoms with Crippen molar-refractivity contribution in [2.45, 2.75) is 24.0 Å². The molecule has 0 fully saturated rings. The predicted octanol–water partition coefficient (Wildman–Crippen LogP) is 2.56. The van der Waals surface area contributed by atoms with Crippen LogP contribution in [0.3, 0.4) is 0 Å². The molecule has 0 saturated carbocycles. The number of halogens is 1. The van der Waals surface area contributed by atoms with E-state index in [2.05, 4.69) is 9.97 Å². The van der Waals surface area contributed by atoms with Crippen molar-refractivity contribution in [1.29, 1.82) is 0 Å². The Bertz CT molecular complexity index is 658. The third kappa shape index (κ3) is 3.85. The van der Waals surface area contributed by atoms with Crippen LogP contribution in [0.25, 0.3) is 0 Å². The number of hydrogen-bond acceptors (Lipinski definition) is 4. The highest BCUT2D eigenvalue weighted by atomic mass is 35.5. The van der Waals surface area contributed by atoms with E-state index in [0.717, 1.165) is 4.90 Å². The Hall–Kier alpha value is -1.30. The lowest BCUT2D eigenvalue weighted by molar-refractivity contribution is 0.298. The van der Waals surface area contributed by atoms with Gasteiger partial charge in [-0.05, 0) is 25.1 Å². The normalized spacial score (nSPS) is 10.8. The SMILES string of the molecule is Cc1nc(CSc2cccc(Cl)c2)[nH]c(=O)c1CCO. The van der Waals surface area contributed by atoms with Crippen LogP contribution < -0.4 is 5.56 Å². The zero-order valence-electron chi connectivity index (χ0n) is 11.0. The van der Waals surface area contributed by atoms with Crippen LogP contribution in [0.4, 0.5) is 0 Å². The maximum Gasteiger partial charge on any atom is 0.254 e. The number of aryl methyl sites for hydroxylation is 1. The number of H-pyrrole nitrogens is 1. The number of thioether (sulfide) groups is 1. The third-order valence-electron chi connectivity index (χ3n) is 2.80. The number of nitrogens with one attached hydrogen (secondary N) is 1. The van der Waals surface area contributed by atoms with Crippen molar-refractivity contribution in [3.63, 3.8) is 0 Å². The van der Waals surface area contributed by atoms with Gasteiger partial charge in [0.05, 0.1) is 5.75 Å². The molecule has 6 heteroatoms. The second kappa shape index (κ2) is 6.92. The molecule has 2 N–H and O–H groups in total. The number of hydrogen-bond donors (Lipinski definition) is 2. The fourth-order valence-corrected chi connectivity index (χ4v) is 2.93. The zero-order valence-corrected chi connectivity index (χ0v) is 12.6. The first-order valence-corrected chi connectivity index (χ1v) is 7.54. The van der Waals surface area contributed by atoms with Gasteiger partial charge in [-0.2, -0.15) is 0 Å². The predicted molar refractivity (Wildman–Crippen MR) is 81.4 cm³/mol. The number of aliphatic hydroxyl groups excluding tert-OH is 1. The molecular weight excluding hydrogens is 296 g/mol. The molecule has 4 nitrogen and oxygen atoms in total. The number of aromatic nitrogens is 2. The van der Waals surface area contributed by atoms with Crippen molar-refractivity contribution >= 4 is 23.4 Å². The van der Waals surface area contributed by atoms with Gasteiger partial charge in [0.2, 0.25) is 0 Å². The second-order valence-corrected chi connectivity index (χ2v) is 5.78. The summed E-state index contributed by atoms with van der Waals surface area (Å²) in [5, 5.41) is 9.60. The molecule has 0 bridgehead atoms. The van der Waals surface area contributed by atoms with Crippen molar-refractivity contribution < 1.29 is 5.11 Å². The van der Waals surface area contributed by atoms with E-state index in [1.165, 1.54) is 0 Å². The smallest absolute Gasteiger partial charge is 0.254 e. The summed E-state index contributed by atoms with van der Waals surface area (Å²) in [6.07, 6.45) is 0.329. The van der Waals surface area contributed by atoms with Gasteiger partial charge >= 0.3 is 0 Å². The summed E-state index contributed by atoms with van der Waals surface area (Å²) in [7, 11) is 0. The fourth-order valence-electron chi connectivity index (χ4n) is 1.85. The maximum atomic E-state index is 11.9. The summed E-state index contributed by atoms with van der Waals surface area (Å²) in [5.74, 6) is 1.19. The lowest BCUT2D eigenvalue weighted by Gasteiger charge is -2.06. The van der Waals surface area contributed by atoms with Gasteiger partial charge in [0.1, 0.15) is 5.82 Å². The third-order valence-corrected chi connectivity index (χ3v) is 4.04. The van der Waals surface area contributed by atoms with Crippen molar-refractivity contribution in [2.24, 2.45) is 0 Å². The van der Waals surface area contributed by atoms with Crippen LogP contribution in [0, 0.1) is 6.92 Å². The minimum absolute atomic E-state index is 0.0534. The number of rotatable bonds is 5. The number of aliphatic hydroxyl groups is 1. The first kappa shape index (κ1) is 15.1. The molecular formula is C14H15ClN2O2S. The molecule has 0 radical (unpaired) electrons. The summed E-state index contributed by atoms with van der Waals surface area (Å²) in [5.41, 5.74) is 1.04. The second-order valence-electron chi connectivity index (χ2n) is 4.30. The topological polar surface area (TPSA) is 66.0 Å². The minimum Gasteiger partial charge on any atom is -0.396 e. The first-order chi connectivity index (χ1) is 9.60. The molecule has 0 unspecified atom stereocenters. The van der Waals surface area contributed by atoms with Crippen LogP contribution >= 0.6 is 23.4 Å². The summed E-state index contributed by atoms with van der Waals surface area (Å²) >= 11 is 7.48. The fraction of sp³-hybridized carbons (Fsp3) is 0.286. The highest BCUT2D eigenvalue weighted by Crippen LogP contribution is 2.23. The van der Waals surface area contributed by atoms with Crippen LogP contribution in [0.5, 0.6) is 0 Å². The van der Waals surface area contributed by atoms with E-state index in [9.17, 15) is 4.79 Å². The maximum absolute atomic E-state index is 11.9. The molecule has 0 aliphatic rings. The van der Waals surface area contributed by atoms with Gasteiger partial charge in [0.15, 0.2) is 0 Å². The van der Waals surface area contributed by atoms with E-state index in [-0.39, 0.29) is 12.2 Å². The van der Waals surface area contributed by atoms with E-state index in [4.69, 9.17) is 16.7 Å².